The molecule has 1 N–H and O–H groups in total. The molecule has 0 aliphatic rings. The fourth-order valence-electron chi connectivity index (χ4n) is 1.94. The zero-order chi connectivity index (χ0) is 14.3. The molecule has 3 rings (SSSR count). The van der Waals surface area contributed by atoms with E-state index in [1.54, 1.807) is 11.4 Å². The third-order valence-corrected chi connectivity index (χ3v) is 5.68. The molecule has 2 heterocycles. The number of hydrogen-bond acceptors (Lipinski definition) is 4. The molecule has 0 radical (unpaired) electrons. The van der Waals surface area contributed by atoms with Crippen LogP contribution >= 0.6 is 11.3 Å². The van der Waals surface area contributed by atoms with Crippen molar-refractivity contribution in [2.75, 3.05) is 11.4 Å². The first-order valence-electron chi connectivity index (χ1n) is 5.66. The van der Waals surface area contributed by atoms with Crippen molar-refractivity contribution < 1.29 is 12.8 Å². The Bertz CT molecular complexity index is 856. The lowest BCUT2D eigenvalue weighted by atomic mass is 10.2. The van der Waals surface area contributed by atoms with Gasteiger partial charge >= 0.3 is 0 Å². The smallest absolute Gasteiger partial charge is 0.268 e. The maximum Gasteiger partial charge on any atom is 0.268 e. The van der Waals surface area contributed by atoms with Gasteiger partial charge < -0.3 is 4.98 Å². The van der Waals surface area contributed by atoms with Gasteiger partial charge in [0, 0.05) is 30.3 Å². The van der Waals surface area contributed by atoms with E-state index in [1.807, 2.05) is 0 Å². The molecule has 8 heteroatoms. The van der Waals surface area contributed by atoms with Crippen molar-refractivity contribution >= 4 is 37.4 Å². The van der Waals surface area contributed by atoms with Gasteiger partial charge in [0.1, 0.15) is 10.7 Å². The van der Waals surface area contributed by atoms with Crippen LogP contribution in [-0.4, -0.2) is 25.4 Å². The molecule has 0 atom stereocenters. The highest BCUT2D eigenvalue weighted by molar-refractivity contribution is 7.93. The van der Waals surface area contributed by atoms with E-state index in [-0.39, 0.29) is 10.3 Å². The molecule has 104 valence electrons. The lowest BCUT2D eigenvalue weighted by Crippen LogP contribution is -2.26. The number of aromatic nitrogens is 2. The van der Waals surface area contributed by atoms with Crippen LogP contribution in [0.1, 0.15) is 0 Å². The fourth-order valence-corrected chi connectivity index (χ4v) is 4.09. The van der Waals surface area contributed by atoms with Crippen LogP contribution in [0, 0.1) is 5.82 Å². The minimum Gasteiger partial charge on any atom is -0.360 e. The van der Waals surface area contributed by atoms with Crippen molar-refractivity contribution in [2.45, 2.75) is 4.90 Å². The lowest BCUT2D eigenvalue weighted by molar-refractivity contribution is 0.593. The van der Waals surface area contributed by atoms with Crippen molar-refractivity contribution in [2.24, 2.45) is 0 Å². The molecule has 20 heavy (non-hydrogen) atoms. The zero-order valence-electron chi connectivity index (χ0n) is 10.4. The number of anilines is 1. The second-order valence-electron chi connectivity index (χ2n) is 4.10. The minimum atomic E-state index is -3.86. The SMILES string of the molecule is CN(c1nccs1)S(=O)(=O)c1c[nH]c2cccc(F)c12. The summed E-state index contributed by atoms with van der Waals surface area (Å²) in [6.07, 6.45) is 2.81. The molecule has 0 unspecified atom stereocenters. The first-order chi connectivity index (χ1) is 9.51. The number of benzene rings is 1. The van der Waals surface area contributed by atoms with Crippen molar-refractivity contribution in [3.05, 3.63) is 41.8 Å². The van der Waals surface area contributed by atoms with Crippen LogP contribution in [0.25, 0.3) is 10.9 Å². The predicted molar refractivity (Wildman–Crippen MR) is 76.0 cm³/mol. The number of fused-ring (bicyclic) bond motifs is 1. The van der Waals surface area contributed by atoms with Crippen LogP contribution in [0.3, 0.4) is 0 Å². The van der Waals surface area contributed by atoms with E-state index in [4.69, 9.17) is 0 Å². The first kappa shape index (κ1) is 13.1. The fraction of sp³-hybridized carbons (Fsp3) is 0.0833. The van der Waals surface area contributed by atoms with Crippen molar-refractivity contribution in [1.29, 1.82) is 0 Å². The highest BCUT2D eigenvalue weighted by Crippen LogP contribution is 2.30. The Kier molecular flexibility index (Phi) is 2.98. The largest absolute Gasteiger partial charge is 0.360 e. The molecule has 3 aromatic rings. The third-order valence-electron chi connectivity index (χ3n) is 2.95. The summed E-state index contributed by atoms with van der Waals surface area (Å²) in [5.41, 5.74) is 0.441. The summed E-state index contributed by atoms with van der Waals surface area (Å²) in [7, 11) is -2.46. The lowest BCUT2D eigenvalue weighted by Gasteiger charge is -2.15. The minimum absolute atomic E-state index is 0.0657. The maximum atomic E-state index is 13.9. The van der Waals surface area contributed by atoms with Gasteiger partial charge in [-0.2, -0.15) is 0 Å². The van der Waals surface area contributed by atoms with Gasteiger partial charge in [-0.1, -0.05) is 6.07 Å². The average molecular weight is 311 g/mol. The topological polar surface area (TPSA) is 66.1 Å². The molecule has 0 aliphatic carbocycles. The highest BCUT2D eigenvalue weighted by atomic mass is 32.2. The number of aromatic amines is 1. The molecular weight excluding hydrogens is 301 g/mol. The van der Waals surface area contributed by atoms with Crippen molar-refractivity contribution in [3.63, 3.8) is 0 Å². The number of hydrogen-bond donors (Lipinski definition) is 1. The van der Waals surface area contributed by atoms with E-state index in [0.717, 1.165) is 4.31 Å². The molecule has 0 amide bonds. The van der Waals surface area contributed by atoms with E-state index >= 15 is 0 Å². The average Bonchev–Trinajstić information content (AvgIpc) is 3.07. The number of halogens is 1. The van der Waals surface area contributed by atoms with E-state index in [9.17, 15) is 12.8 Å². The Labute approximate surface area is 118 Å². The Balaban J connectivity index is 2.20. The molecule has 0 bridgehead atoms. The number of nitrogens with zero attached hydrogens (tertiary/aromatic N) is 2. The Morgan fingerprint density at radius 1 is 1.40 bits per heavy atom. The van der Waals surface area contributed by atoms with Gasteiger partial charge in [-0.25, -0.2) is 22.1 Å². The molecule has 0 aliphatic heterocycles. The van der Waals surface area contributed by atoms with Crippen molar-refractivity contribution in [1.82, 2.24) is 9.97 Å². The number of rotatable bonds is 3. The molecule has 0 spiro atoms. The zero-order valence-corrected chi connectivity index (χ0v) is 12.0. The van der Waals surface area contributed by atoms with Crippen LogP contribution < -0.4 is 4.31 Å². The quantitative estimate of drug-likeness (QED) is 0.808. The summed E-state index contributed by atoms with van der Waals surface area (Å²) in [5, 5.41) is 2.07. The van der Waals surface area contributed by atoms with Gasteiger partial charge in [-0.15, -0.1) is 11.3 Å². The highest BCUT2D eigenvalue weighted by Gasteiger charge is 2.27. The summed E-state index contributed by atoms with van der Waals surface area (Å²) in [5.74, 6) is -0.574. The molecule has 1 aromatic carbocycles. The second kappa shape index (κ2) is 4.57. The van der Waals surface area contributed by atoms with Gasteiger partial charge in [-0.3, -0.25) is 0 Å². The standard InChI is InChI=1S/C12H10FN3O2S2/c1-16(12-14-5-6-19-12)20(17,18)10-7-15-9-4-2-3-8(13)11(9)10/h2-7,15H,1H3. The summed E-state index contributed by atoms with van der Waals surface area (Å²) < 4.78 is 40.1. The van der Waals surface area contributed by atoms with Crippen LogP contribution in [-0.2, 0) is 10.0 Å². The van der Waals surface area contributed by atoms with Crippen LogP contribution in [0.15, 0.2) is 40.9 Å². The van der Waals surface area contributed by atoms with E-state index in [0.29, 0.717) is 10.6 Å². The van der Waals surface area contributed by atoms with E-state index in [1.165, 1.54) is 42.9 Å². The molecule has 2 aromatic heterocycles. The van der Waals surface area contributed by atoms with Crippen LogP contribution in [0.2, 0.25) is 0 Å². The monoisotopic (exact) mass is 311 g/mol. The van der Waals surface area contributed by atoms with Crippen molar-refractivity contribution in [3.8, 4) is 0 Å². The number of sulfonamides is 1. The Morgan fingerprint density at radius 2 is 2.20 bits per heavy atom. The maximum absolute atomic E-state index is 13.9. The summed E-state index contributed by atoms with van der Waals surface area (Å²) in [4.78, 5) is 6.63. The molecule has 0 fully saturated rings. The van der Waals surface area contributed by atoms with Gasteiger partial charge in [0.2, 0.25) is 0 Å². The number of H-pyrrole nitrogens is 1. The van der Waals surface area contributed by atoms with Gasteiger partial charge in [0.15, 0.2) is 5.13 Å². The van der Waals surface area contributed by atoms with Gasteiger partial charge in [0.25, 0.3) is 10.0 Å². The van der Waals surface area contributed by atoms with E-state index < -0.39 is 15.8 Å². The normalized spacial score (nSPS) is 11.9. The Morgan fingerprint density at radius 3 is 2.90 bits per heavy atom. The first-order valence-corrected chi connectivity index (χ1v) is 7.98. The van der Waals surface area contributed by atoms with Gasteiger partial charge in [-0.05, 0) is 12.1 Å². The summed E-state index contributed by atoms with van der Waals surface area (Å²) in [6.45, 7) is 0. The third kappa shape index (κ3) is 1.88. The number of nitrogens with one attached hydrogen (secondary N) is 1. The second-order valence-corrected chi connectivity index (χ2v) is 6.91. The molecule has 0 saturated carbocycles. The Hall–Kier alpha value is -1.93. The summed E-state index contributed by atoms with van der Waals surface area (Å²) in [6, 6.07) is 4.38. The van der Waals surface area contributed by atoms with Crippen LogP contribution in [0.5, 0.6) is 0 Å². The molecular formula is C12H10FN3O2S2. The predicted octanol–water partition coefficient (Wildman–Crippen LogP) is 2.59. The van der Waals surface area contributed by atoms with Crippen LogP contribution in [0.4, 0.5) is 9.52 Å². The van der Waals surface area contributed by atoms with Gasteiger partial charge in [0.05, 0.1) is 5.39 Å². The molecule has 0 saturated heterocycles. The molecule has 5 nitrogen and oxygen atoms in total. The summed E-state index contributed by atoms with van der Waals surface area (Å²) >= 11 is 1.20. The van der Waals surface area contributed by atoms with E-state index in [2.05, 4.69) is 9.97 Å². The number of thiazole rings is 1.